The first-order valence-corrected chi connectivity index (χ1v) is 12.5. The molecule has 3 unspecified atom stereocenters. The summed E-state index contributed by atoms with van der Waals surface area (Å²) in [6.45, 7) is 1.90. The fourth-order valence-electron chi connectivity index (χ4n) is 5.41. The number of nitrogens with one attached hydrogen (secondary N) is 2. The first kappa shape index (κ1) is 24.2. The molecular weight excluding hydrogens is 493 g/mol. The van der Waals surface area contributed by atoms with Crippen LogP contribution in [0.2, 0.25) is 0 Å². The molecule has 10 nitrogen and oxygen atoms in total. The summed E-state index contributed by atoms with van der Waals surface area (Å²) in [6.07, 6.45) is -1.88. The van der Waals surface area contributed by atoms with Crippen molar-refractivity contribution in [3.05, 3.63) is 83.3 Å². The predicted molar refractivity (Wildman–Crippen MR) is 134 cm³/mol. The number of amidine groups is 1. The zero-order valence-electron chi connectivity index (χ0n) is 20.7. The van der Waals surface area contributed by atoms with E-state index in [-0.39, 0.29) is 19.2 Å². The zero-order valence-corrected chi connectivity index (χ0v) is 20.7. The zero-order chi connectivity index (χ0) is 26.4. The van der Waals surface area contributed by atoms with Crippen molar-refractivity contribution in [2.45, 2.75) is 43.6 Å². The highest BCUT2D eigenvalue weighted by molar-refractivity contribution is 5.98. The first-order valence-electron chi connectivity index (χ1n) is 12.5. The fourth-order valence-corrected chi connectivity index (χ4v) is 5.41. The third-order valence-corrected chi connectivity index (χ3v) is 7.29. The molecule has 198 valence electrons. The molecule has 1 saturated heterocycles. The minimum Gasteiger partial charge on any atom is -0.459 e. The Balaban J connectivity index is 1.22. The van der Waals surface area contributed by atoms with Gasteiger partial charge in [-0.05, 0) is 37.6 Å². The van der Waals surface area contributed by atoms with Gasteiger partial charge in [0.25, 0.3) is 0 Å². The Bertz CT molecular complexity index is 1310. The van der Waals surface area contributed by atoms with Crippen LogP contribution in [-0.2, 0) is 14.2 Å². The molecule has 0 amide bonds. The summed E-state index contributed by atoms with van der Waals surface area (Å²) in [5.41, 5.74) is 7.42. The van der Waals surface area contributed by atoms with Gasteiger partial charge in [-0.1, -0.05) is 36.4 Å². The number of fused-ring (bicyclic) bond motifs is 1. The molecule has 3 aliphatic heterocycles. The van der Waals surface area contributed by atoms with Crippen molar-refractivity contribution in [1.82, 2.24) is 15.5 Å². The lowest BCUT2D eigenvalue weighted by atomic mass is 10.0. The number of carbonyl (C=O) groups excluding carboxylic acids is 2. The standard InChI is InChI=1S/C27H28FN5O5/c1-15-31-23(29)21-24(32-15)33(14-30-21)22-18-12-19(37-26(35)17-10-6-3-7-11-17)20(38-27(18,22)28)13-36-25(34)16-8-4-2-5-9-16/h2-11,15,18-20,22,30,32H,12-14H2,1H3,(H2,29,31)/t15?,18-,19?,20-,22+,27?/m1/s1. The highest BCUT2D eigenvalue weighted by Gasteiger charge is 2.75. The van der Waals surface area contributed by atoms with E-state index in [9.17, 15) is 9.59 Å². The number of hydrogen-bond donors (Lipinski definition) is 3. The van der Waals surface area contributed by atoms with E-state index < -0.39 is 42.0 Å². The van der Waals surface area contributed by atoms with Crippen LogP contribution in [0.15, 0.2) is 77.2 Å². The minimum absolute atomic E-state index is 0.200. The maximum Gasteiger partial charge on any atom is 0.338 e. The number of aliphatic imine (C=N–C) groups is 1. The second kappa shape index (κ2) is 9.32. The van der Waals surface area contributed by atoms with Gasteiger partial charge in [-0.25, -0.2) is 19.0 Å². The summed E-state index contributed by atoms with van der Waals surface area (Å²) in [4.78, 5) is 31.6. The lowest BCUT2D eigenvalue weighted by Crippen LogP contribution is -2.45. The number of nitrogens with two attached hydrogens (primary N) is 1. The van der Waals surface area contributed by atoms with Crippen molar-refractivity contribution < 1.29 is 28.2 Å². The Morgan fingerprint density at radius 1 is 1.13 bits per heavy atom. The highest BCUT2D eigenvalue weighted by atomic mass is 19.2. The van der Waals surface area contributed by atoms with Gasteiger partial charge in [-0.3, -0.25) is 0 Å². The van der Waals surface area contributed by atoms with Crippen LogP contribution in [0.25, 0.3) is 0 Å². The molecule has 11 heteroatoms. The van der Waals surface area contributed by atoms with Gasteiger partial charge in [0.2, 0.25) is 5.85 Å². The maximum atomic E-state index is 16.3. The van der Waals surface area contributed by atoms with E-state index in [0.29, 0.717) is 35.1 Å². The van der Waals surface area contributed by atoms with Crippen molar-refractivity contribution in [2.75, 3.05) is 13.3 Å². The molecule has 6 rings (SSSR count). The Hall–Kier alpha value is -4.12. The molecule has 38 heavy (non-hydrogen) atoms. The SMILES string of the molecule is CC1N=C(N)C2=C(N1)N([C@H]1[C@H]3CC(OC(=O)c4ccccc4)[C@@H](COC(=O)c4ccccc4)OC31F)CN2. The van der Waals surface area contributed by atoms with E-state index in [1.807, 2.05) is 11.8 Å². The molecule has 0 radical (unpaired) electrons. The van der Waals surface area contributed by atoms with Crippen LogP contribution in [-0.4, -0.2) is 66.2 Å². The Morgan fingerprint density at radius 2 is 1.79 bits per heavy atom. The average molecular weight is 522 g/mol. The first-order chi connectivity index (χ1) is 18.3. The Kier molecular flexibility index (Phi) is 5.94. The molecular formula is C27H28FN5O5. The topological polar surface area (TPSA) is 128 Å². The van der Waals surface area contributed by atoms with Crippen LogP contribution in [0.4, 0.5) is 4.39 Å². The van der Waals surface area contributed by atoms with Gasteiger partial charge in [-0.15, -0.1) is 0 Å². The largest absolute Gasteiger partial charge is 0.459 e. The van der Waals surface area contributed by atoms with Crippen molar-refractivity contribution in [1.29, 1.82) is 0 Å². The van der Waals surface area contributed by atoms with Gasteiger partial charge in [0.15, 0.2) is 0 Å². The van der Waals surface area contributed by atoms with Crippen molar-refractivity contribution >= 4 is 17.8 Å². The highest BCUT2D eigenvalue weighted by Crippen LogP contribution is 2.59. The quantitative estimate of drug-likeness (QED) is 0.488. The smallest absolute Gasteiger partial charge is 0.338 e. The lowest BCUT2D eigenvalue weighted by Gasteiger charge is -2.32. The number of ether oxygens (including phenoxy) is 3. The Morgan fingerprint density at radius 3 is 2.47 bits per heavy atom. The number of halogens is 1. The molecule has 3 heterocycles. The summed E-state index contributed by atoms with van der Waals surface area (Å²) in [6, 6.07) is 16.4. The Labute approximate surface area is 218 Å². The summed E-state index contributed by atoms with van der Waals surface area (Å²) in [5.74, 6) is -2.69. The van der Waals surface area contributed by atoms with Gasteiger partial charge in [0.1, 0.15) is 42.3 Å². The molecule has 2 aromatic rings. The number of nitrogens with zero attached hydrogens (tertiary/aromatic N) is 2. The molecule has 6 atom stereocenters. The van der Waals surface area contributed by atoms with Crippen LogP contribution in [0.3, 0.4) is 0 Å². The van der Waals surface area contributed by atoms with E-state index in [1.165, 1.54) is 0 Å². The van der Waals surface area contributed by atoms with Crippen LogP contribution >= 0.6 is 0 Å². The van der Waals surface area contributed by atoms with E-state index in [4.69, 9.17) is 19.9 Å². The molecule has 4 N–H and O–H groups in total. The molecule has 4 aliphatic rings. The average Bonchev–Trinajstić information content (AvgIpc) is 3.28. The van der Waals surface area contributed by atoms with Gasteiger partial charge >= 0.3 is 11.9 Å². The van der Waals surface area contributed by atoms with E-state index in [0.717, 1.165) is 0 Å². The maximum absolute atomic E-state index is 16.3. The molecule has 1 aliphatic carbocycles. The van der Waals surface area contributed by atoms with Crippen LogP contribution in [0, 0.1) is 5.92 Å². The van der Waals surface area contributed by atoms with Gasteiger partial charge in [0, 0.05) is 5.92 Å². The van der Waals surface area contributed by atoms with Crippen LogP contribution in [0.1, 0.15) is 34.1 Å². The molecule has 0 spiro atoms. The fraction of sp³-hybridized carbons (Fsp3) is 0.370. The van der Waals surface area contributed by atoms with Crippen molar-refractivity contribution in [3.8, 4) is 0 Å². The van der Waals surface area contributed by atoms with E-state index >= 15 is 4.39 Å². The lowest BCUT2D eigenvalue weighted by molar-refractivity contribution is -0.196. The third kappa shape index (κ3) is 4.22. The van der Waals surface area contributed by atoms with Crippen LogP contribution < -0.4 is 16.4 Å². The van der Waals surface area contributed by atoms with Crippen LogP contribution in [0.5, 0.6) is 0 Å². The third-order valence-electron chi connectivity index (χ3n) is 7.29. The molecule has 0 bridgehead atoms. The predicted octanol–water partition coefficient (Wildman–Crippen LogP) is 1.86. The molecule has 2 aromatic carbocycles. The summed E-state index contributed by atoms with van der Waals surface area (Å²) in [5, 5.41) is 6.41. The molecule has 0 aromatic heterocycles. The number of carbonyl (C=O) groups is 2. The number of rotatable bonds is 6. The molecule has 1 saturated carbocycles. The van der Waals surface area contributed by atoms with Gasteiger partial charge in [0.05, 0.1) is 23.8 Å². The summed E-state index contributed by atoms with van der Waals surface area (Å²) in [7, 11) is 0. The minimum atomic E-state index is -2.02. The van der Waals surface area contributed by atoms with Crippen molar-refractivity contribution in [3.63, 3.8) is 0 Å². The van der Waals surface area contributed by atoms with Crippen molar-refractivity contribution in [2.24, 2.45) is 16.6 Å². The van der Waals surface area contributed by atoms with Gasteiger partial charge < -0.3 is 35.5 Å². The molecule has 2 fully saturated rings. The number of hydrogen-bond acceptors (Lipinski definition) is 10. The number of esters is 2. The second-order valence-electron chi connectivity index (χ2n) is 9.78. The van der Waals surface area contributed by atoms with E-state index in [2.05, 4.69) is 15.6 Å². The normalized spacial score (nSPS) is 31.3. The summed E-state index contributed by atoms with van der Waals surface area (Å²) < 4.78 is 33.5. The second-order valence-corrected chi connectivity index (χ2v) is 9.78. The van der Waals surface area contributed by atoms with E-state index in [1.54, 1.807) is 60.7 Å². The monoisotopic (exact) mass is 521 g/mol. The summed E-state index contributed by atoms with van der Waals surface area (Å²) >= 11 is 0. The number of alkyl halides is 1. The number of benzene rings is 2. The van der Waals surface area contributed by atoms with Gasteiger partial charge in [-0.2, -0.15) is 0 Å².